The summed E-state index contributed by atoms with van der Waals surface area (Å²) in [5.41, 5.74) is 0.249. The summed E-state index contributed by atoms with van der Waals surface area (Å²) in [6.45, 7) is 0. The third-order valence-electron chi connectivity index (χ3n) is 2.23. The van der Waals surface area contributed by atoms with Crippen LogP contribution in [0.3, 0.4) is 0 Å². The molecule has 5 nitrogen and oxygen atoms in total. The highest BCUT2D eigenvalue weighted by Crippen LogP contribution is 2.24. The molecule has 0 radical (unpaired) electrons. The molecule has 0 saturated heterocycles. The van der Waals surface area contributed by atoms with Crippen LogP contribution < -0.4 is 0 Å². The van der Waals surface area contributed by atoms with E-state index in [1.54, 1.807) is 6.07 Å². The van der Waals surface area contributed by atoms with Gasteiger partial charge < -0.3 is 15.3 Å². The number of hydrogen-bond acceptors (Lipinski definition) is 4. The van der Waals surface area contributed by atoms with Crippen LogP contribution >= 0.6 is 15.9 Å². The Morgan fingerprint density at radius 2 is 2.12 bits per heavy atom. The van der Waals surface area contributed by atoms with Gasteiger partial charge in [0, 0.05) is 4.47 Å². The lowest BCUT2D eigenvalue weighted by molar-refractivity contribution is 0.0215. The molecule has 3 N–H and O–H groups in total. The lowest BCUT2D eigenvalue weighted by atomic mass is 10.0. The van der Waals surface area contributed by atoms with E-state index in [0.29, 0.717) is 4.47 Å². The van der Waals surface area contributed by atoms with E-state index in [-0.39, 0.29) is 17.5 Å². The second-order valence-corrected chi connectivity index (χ2v) is 4.27. The maximum atomic E-state index is 10.9. The minimum absolute atomic E-state index is 0.00860. The van der Waals surface area contributed by atoms with Crippen LogP contribution in [-0.2, 0) is 0 Å². The quantitative estimate of drug-likeness (QED) is 0.781. The topological polar surface area (TPSA) is 102 Å². The van der Waals surface area contributed by atoms with Crippen molar-refractivity contribution >= 4 is 21.9 Å². The lowest BCUT2D eigenvalue weighted by Crippen LogP contribution is -2.18. The summed E-state index contributed by atoms with van der Waals surface area (Å²) >= 11 is 3.07. The molecule has 0 heterocycles. The van der Waals surface area contributed by atoms with Crippen molar-refractivity contribution in [1.29, 1.82) is 5.26 Å². The molecule has 0 aliphatic rings. The summed E-state index contributed by atoms with van der Waals surface area (Å²) in [4.78, 5) is 10.9. The van der Waals surface area contributed by atoms with Crippen molar-refractivity contribution in [3.05, 3.63) is 33.8 Å². The first-order chi connectivity index (χ1) is 7.97. The number of hydrogen-bond donors (Lipinski definition) is 3. The zero-order chi connectivity index (χ0) is 13.0. The van der Waals surface area contributed by atoms with Gasteiger partial charge in [0.1, 0.15) is 6.10 Å². The van der Waals surface area contributed by atoms with E-state index in [9.17, 15) is 15.0 Å². The fraction of sp³-hybridized carbons (Fsp3) is 0.273. The van der Waals surface area contributed by atoms with E-state index >= 15 is 0 Å². The van der Waals surface area contributed by atoms with E-state index in [0.717, 1.165) is 0 Å². The SMILES string of the molecule is N#CCC(O)C(O)c1ccc(Br)c(C(=O)O)c1. The Kier molecular flexibility index (Phi) is 4.63. The van der Waals surface area contributed by atoms with Crippen molar-refractivity contribution in [1.82, 2.24) is 0 Å². The Bertz CT molecular complexity index is 469. The van der Waals surface area contributed by atoms with Gasteiger partial charge in [-0.2, -0.15) is 5.26 Å². The van der Waals surface area contributed by atoms with E-state index in [2.05, 4.69) is 15.9 Å². The van der Waals surface area contributed by atoms with Gasteiger partial charge in [0.15, 0.2) is 0 Å². The van der Waals surface area contributed by atoms with Crippen LogP contribution in [0, 0.1) is 11.3 Å². The molecule has 6 heteroatoms. The molecule has 2 unspecified atom stereocenters. The van der Waals surface area contributed by atoms with Gasteiger partial charge in [0.05, 0.1) is 24.2 Å². The van der Waals surface area contributed by atoms with Crippen LogP contribution in [-0.4, -0.2) is 27.4 Å². The van der Waals surface area contributed by atoms with Crippen LogP contribution in [0.25, 0.3) is 0 Å². The average Bonchev–Trinajstić information content (AvgIpc) is 2.28. The van der Waals surface area contributed by atoms with Crippen LogP contribution in [0.5, 0.6) is 0 Å². The van der Waals surface area contributed by atoms with Crippen LogP contribution in [0.15, 0.2) is 22.7 Å². The van der Waals surface area contributed by atoms with Gasteiger partial charge in [-0.25, -0.2) is 4.79 Å². The zero-order valence-electron chi connectivity index (χ0n) is 8.67. The second kappa shape index (κ2) is 5.77. The molecule has 0 bridgehead atoms. The van der Waals surface area contributed by atoms with E-state index in [1.807, 2.05) is 0 Å². The van der Waals surface area contributed by atoms with Gasteiger partial charge in [0.2, 0.25) is 0 Å². The second-order valence-electron chi connectivity index (χ2n) is 3.42. The molecule has 17 heavy (non-hydrogen) atoms. The van der Waals surface area contributed by atoms with Crippen molar-refractivity contribution < 1.29 is 20.1 Å². The number of carboxylic acids is 1. The summed E-state index contributed by atoms with van der Waals surface area (Å²) in [5, 5.41) is 36.4. The molecule has 0 aliphatic heterocycles. The van der Waals surface area contributed by atoms with Gasteiger partial charge in [-0.05, 0) is 33.6 Å². The van der Waals surface area contributed by atoms with Gasteiger partial charge in [-0.1, -0.05) is 6.07 Å². The summed E-state index contributed by atoms with van der Waals surface area (Å²) in [6, 6.07) is 5.95. The standard InChI is InChI=1S/C11H10BrNO4/c12-8-2-1-6(5-7(8)11(16)17)10(15)9(14)3-4-13/h1-2,5,9-10,14-15H,3H2,(H,16,17). The predicted molar refractivity (Wildman–Crippen MR) is 62.3 cm³/mol. The zero-order valence-corrected chi connectivity index (χ0v) is 10.3. The number of benzene rings is 1. The Labute approximate surface area is 106 Å². The van der Waals surface area contributed by atoms with Gasteiger partial charge in [0.25, 0.3) is 0 Å². The number of aliphatic hydroxyl groups excluding tert-OH is 2. The summed E-state index contributed by atoms with van der Waals surface area (Å²) in [5.74, 6) is -1.14. The van der Waals surface area contributed by atoms with Gasteiger partial charge >= 0.3 is 5.97 Å². The number of nitrogens with zero attached hydrogens (tertiary/aromatic N) is 1. The third kappa shape index (κ3) is 3.27. The minimum atomic E-state index is -1.28. The first kappa shape index (κ1) is 13.6. The fourth-order valence-electron chi connectivity index (χ4n) is 1.32. The molecule has 0 saturated carbocycles. The van der Waals surface area contributed by atoms with Gasteiger partial charge in [-0.3, -0.25) is 0 Å². The monoisotopic (exact) mass is 299 g/mol. The Hall–Kier alpha value is -1.42. The van der Waals surface area contributed by atoms with Gasteiger partial charge in [-0.15, -0.1) is 0 Å². The summed E-state index contributed by atoms with van der Waals surface area (Å²) in [6.07, 6.45) is -2.73. The van der Waals surface area contributed by atoms with Crippen molar-refractivity contribution in [3.63, 3.8) is 0 Å². The van der Waals surface area contributed by atoms with E-state index < -0.39 is 18.2 Å². The average molecular weight is 300 g/mol. The molecule has 0 aromatic heterocycles. The first-order valence-electron chi connectivity index (χ1n) is 4.73. The molecule has 1 aromatic rings. The molecule has 0 fully saturated rings. The minimum Gasteiger partial charge on any atom is -0.478 e. The maximum absolute atomic E-state index is 10.9. The Balaban J connectivity index is 3.04. The highest BCUT2D eigenvalue weighted by atomic mass is 79.9. The first-order valence-corrected chi connectivity index (χ1v) is 5.52. The number of nitriles is 1. The third-order valence-corrected chi connectivity index (χ3v) is 2.92. The molecule has 0 amide bonds. The van der Waals surface area contributed by atoms with Crippen LogP contribution in [0.1, 0.15) is 28.4 Å². The Morgan fingerprint density at radius 1 is 1.47 bits per heavy atom. The molecule has 0 spiro atoms. The molecule has 2 atom stereocenters. The number of carboxylic acid groups (broad SMARTS) is 1. The Morgan fingerprint density at radius 3 is 2.65 bits per heavy atom. The van der Waals surface area contributed by atoms with Crippen molar-refractivity contribution in [3.8, 4) is 6.07 Å². The van der Waals surface area contributed by atoms with Crippen LogP contribution in [0.2, 0.25) is 0 Å². The van der Waals surface area contributed by atoms with E-state index in [1.165, 1.54) is 18.2 Å². The molecular formula is C11H10BrNO4. The molecule has 0 aliphatic carbocycles. The number of halogens is 1. The smallest absolute Gasteiger partial charge is 0.336 e. The fourth-order valence-corrected chi connectivity index (χ4v) is 1.73. The number of carbonyl (C=O) groups is 1. The summed E-state index contributed by atoms with van der Waals surface area (Å²) in [7, 11) is 0. The summed E-state index contributed by atoms with van der Waals surface area (Å²) < 4.78 is 0.385. The highest BCUT2D eigenvalue weighted by Gasteiger charge is 2.20. The molecule has 1 aromatic carbocycles. The predicted octanol–water partition coefficient (Wildman–Crippen LogP) is 1.46. The van der Waals surface area contributed by atoms with E-state index in [4.69, 9.17) is 10.4 Å². The van der Waals surface area contributed by atoms with Crippen molar-refractivity contribution in [2.75, 3.05) is 0 Å². The maximum Gasteiger partial charge on any atom is 0.336 e. The highest BCUT2D eigenvalue weighted by molar-refractivity contribution is 9.10. The van der Waals surface area contributed by atoms with Crippen LogP contribution in [0.4, 0.5) is 0 Å². The molecule has 90 valence electrons. The van der Waals surface area contributed by atoms with Crippen molar-refractivity contribution in [2.45, 2.75) is 18.6 Å². The van der Waals surface area contributed by atoms with Crippen molar-refractivity contribution in [2.24, 2.45) is 0 Å². The number of rotatable bonds is 4. The number of aliphatic hydroxyl groups is 2. The molecule has 1 rings (SSSR count). The lowest BCUT2D eigenvalue weighted by Gasteiger charge is -2.16. The molecular weight excluding hydrogens is 290 g/mol. The number of aromatic carboxylic acids is 1. The largest absolute Gasteiger partial charge is 0.478 e. The normalized spacial score (nSPS) is 13.8.